The van der Waals surface area contributed by atoms with Gasteiger partial charge in [-0.05, 0) is 49.4 Å². The lowest BCUT2D eigenvalue weighted by Crippen LogP contribution is -2.09. The van der Waals surface area contributed by atoms with Crippen molar-refractivity contribution in [1.82, 2.24) is 14.8 Å². The van der Waals surface area contributed by atoms with Crippen LogP contribution in [-0.2, 0) is 0 Å². The third-order valence-corrected chi connectivity index (χ3v) is 7.37. The molecule has 0 aliphatic heterocycles. The van der Waals surface area contributed by atoms with Crippen LogP contribution in [0.3, 0.4) is 0 Å². The number of rotatable bonds is 6. The number of Topliss-reactive ketones (excluding diaryl/α,β-unsaturated/α-hetero) is 1. The van der Waals surface area contributed by atoms with Crippen molar-refractivity contribution < 1.29 is 9.53 Å². The van der Waals surface area contributed by atoms with Gasteiger partial charge in [0.25, 0.3) is 0 Å². The highest BCUT2D eigenvalue weighted by molar-refractivity contribution is 7.20. The lowest BCUT2D eigenvalue weighted by Gasteiger charge is -2.04. The standard InChI is InChI=1S/C25H18N4O2S2/c1-15-19-12-22(33-25(19)29(28-15)17-6-4-3-5-7-17)23(30)20(13-26)24-27-21(14-32-24)16-8-10-18(31-2)11-9-16/h3-12,14,20H,1-2H3. The van der Waals surface area contributed by atoms with Gasteiger partial charge < -0.3 is 4.74 Å². The maximum atomic E-state index is 13.3. The number of ketones is 1. The summed E-state index contributed by atoms with van der Waals surface area (Å²) in [6.07, 6.45) is 0. The van der Waals surface area contributed by atoms with Crippen molar-refractivity contribution in [1.29, 1.82) is 5.26 Å². The third-order valence-electron chi connectivity index (χ3n) is 5.33. The van der Waals surface area contributed by atoms with Gasteiger partial charge in [-0.2, -0.15) is 10.4 Å². The molecule has 3 aromatic heterocycles. The molecular formula is C25H18N4O2S2. The number of hydrogen-bond acceptors (Lipinski definition) is 7. The van der Waals surface area contributed by atoms with Crippen LogP contribution in [0.1, 0.15) is 26.3 Å². The first-order valence-electron chi connectivity index (χ1n) is 10.2. The summed E-state index contributed by atoms with van der Waals surface area (Å²) in [4.78, 5) is 19.4. The highest BCUT2D eigenvalue weighted by Crippen LogP contribution is 2.35. The van der Waals surface area contributed by atoms with Crippen molar-refractivity contribution in [3.8, 4) is 28.8 Å². The molecule has 8 heteroatoms. The minimum absolute atomic E-state index is 0.242. The maximum absolute atomic E-state index is 13.3. The number of methoxy groups -OCH3 is 1. The first-order valence-corrected chi connectivity index (χ1v) is 11.9. The topological polar surface area (TPSA) is 80.8 Å². The number of benzene rings is 2. The Labute approximate surface area is 198 Å². The van der Waals surface area contributed by atoms with Crippen LogP contribution in [0.4, 0.5) is 0 Å². The Morgan fingerprint density at radius 2 is 1.91 bits per heavy atom. The molecule has 0 fully saturated rings. The molecule has 0 radical (unpaired) electrons. The Balaban J connectivity index is 1.47. The van der Waals surface area contributed by atoms with Gasteiger partial charge in [0.2, 0.25) is 0 Å². The smallest absolute Gasteiger partial charge is 0.196 e. The Hall–Kier alpha value is -3.80. The van der Waals surface area contributed by atoms with Crippen molar-refractivity contribution in [2.75, 3.05) is 7.11 Å². The predicted octanol–water partition coefficient (Wildman–Crippen LogP) is 6.02. The van der Waals surface area contributed by atoms with Gasteiger partial charge in [0.05, 0.1) is 35.1 Å². The second-order valence-corrected chi connectivity index (χ2v) is 9.31. The number of carbonyl (C=O) groups is 1. The Bertz CT molecular complexity index is 1490. The van der Waals surface area contributed by atoms with Gasteiger partial charge in [-0.1, -0.05) is 18.2 Å². The molecule has 5 aromatic rings. The number of thiophene rings is 1. The fraction of sp³-hybridized carbons (Fsp3) is 0.120. The van der Waals surface area contributed by atoms with E-state index in [1.54, 1.807) is 7.11 Å². The lowest BCUT2D eigenvalue weighted by molar-refractivity contribution is 0.0983. The van der Waals surface area contributed by atoms with Crippen molar-refractivity contribution in [2.45, 2.75) is 12.8 Å². The molecule has 33 heavy (non-hydrogen) atoms. The van der Waals surface area contributed by atoms with Gasteiger partial charge >= 0.3 is 0 Å². The number of carbonyl (C=O) groups excluding carboxylic acids is 1. The summed E-state index contributed by atoms with van der Waals surface area (Å²) in [6.45, 7) is 1.92. The Morgan fingerprint density at radius 3 is 2.61 bits per heavy atom. The summed E-state index contributed by atoms with van der Waals surface area (Å²) in [5, 5.41) is 17.7. The number of fused-ring (bicyclic) bond motifs is 1. The van der Waals surface area contributed by atoms with E-state index in [2.05, 4.69) is 16.2 Å². The highest BCUT2D eigenvalue weighted by atomic mass is 32.1. The number of aryl methyl sites for hydroxylation is 1. The summed E-state index contributed by atoms with van der Waals surface area (Å²) in [6, 6.07) is 21.3. The van der Waals surface area contributed by atoms with Crippen LogP contribution in [0.25, 0.3) is 27.2 Å². The second kappa shape index (κ2) is 8.62. The second-order valence-electron chi connectivity index (χ2n) is 7.39. The first-order chi connectivity index (χ1) is 16.1. The van der Waals surface area contributed by atoms with E-state index in [1.807, 2.05) is 77.6 Å². The highest BCUT2D eigenvalue weighted by Gasteiger charge is 2.28. The fourth-order valence-corrected chi connectivity index (χ4v) is 5.62. The Morgan fingerprint density at radius 1 is 1.15 bits per heavy atom. The monoisotopic (exact) mass is 470 g/mol. The number of para-hydroxylation sites is 1. The zero-order valence-corrected chi connectivity index (χ0v) is 19.5. The molecule has 0 aliphatic rings. The van der Waals surface area contributed by atoms with Crippen LogP contribution < -0.4 is 4.74 Å². The molecule has 0 amide bonds. The fourth-order valence-electron chi connectivity index (χ4n) is 3.60. The maximum Gasteiger partial charge on any atom is 0.196 e. The molecule has 1 atom stereocenters. The lowest BCUT2D eigenvalue weighted by atomic mass is 10.1. The van der Waals surface area contributed by atoms with E-state index in [1.165, 1.54) is 22.7 Å². The average molecular weight is 471 g/mol. The molecule has 0 bridgehead atoms. The number of nitriles is 1. The molecule has 0 saturated carbocycles. The van der Waals surface area contributed by atoms with E-state index in [0.29, 0.717) is 9.88 Å². The molecule has 3 heterocycles. The van der Waals surface area contributed by atoms with Gasteiger partial charge in [-0.25, -0.2) is 9.67 Å². The van der Waals surface area contributed by atoms with Gasteiger partial charge in [-0.15, -0.1) is 22.7 Å². The van der Waals surface area contributed by atoms with Gasteiger partial charge in [-0.3, -0.25) is 4.79 Å². The molecule has 0 saturated heterocycles. The minimum Gasteiger partial charge on any atom is -0.497 e. The number of thiazole rings is 1. The third kappa shape index (κ3) is 3.82. The van der Waals surface area contributed by atoms with Crippen molar-refractivity contribution in [3.05, 3.63) is 81.6 Å². The largest absolute Gasteiger partial charge is 0.497 e. The number of ether oxygens (including phenoxy) is 1. The van der Waals surface area contributed by atoms with E-state index in [4.69, 9.17) is 4.74 Å². The molecule has 0 spiro atoms. The summed E-state index contributed by atoms with van der Waals surface area (Å²) < 4.78 is 7.04. The number of hydrogen-bond donors (Lipinski definition) is 0. The summed E-state index contributed by atoms with van der Waals surface area (Å²) >= 11 is 2.68. The molecular weight excluding hydrogens is 452 g/mol. The molecule has 2 aromatic carbocycles. The van der Waals surface area contributed by atoms with E-state index in [-0.39, 0.29) is 5.78 Å². The molecule has 1 unspecified atom stereocenters. The molecule has 6 nitrogen and oxygen atoms in total. The van der Waals surface area contributed by atoms with Crippen LogP contribution in [0.5, 0.6) is 5.75 Å². The Kier molecular flexibility index (Phi) is 5.50. The van der Waals surface area contributed by atoms with Gasteiger partial charge in [0.1, 0.15) is 15.6 Å². The first kappa shape index (κ1) is 21.1. The molecule has 0 N–H and O–H groups in total. The van der Waals surface area contributed by atoms with Crippen LogP contribution in [0, 0.1) is 18.3 Å². The summed E-state index contributed by atoms with van der Waals surface area (Å²) in [5.74, 6) is -0.440. The quantitative estimate of drug-likeness (QED) is 0.284. The van der Waals surface area contributed by atoms with Crippen LogP contribution >= 0.6 is 22.7 Å². The number of aromatic nitrogens is 3. The predicted molar refractivity (Wildman–Crippen MR) is 130 cm³/mol. The zero-order valence-electron chi connectivity index (χ0n) is 17.9. The van der Waals surface area contributed by atoms with Crippen molar-refractivity contribution in [3.63, 3.8) is 0 Å². The summed E-state index contributed by atoms with van der Waals surface area (Å²) in [7, 11) is 1.62. The normalized spacial score (nSPS) is 11.9. The SMILES string of the molecule is COc1ccc(-c2csc(C(C#N)C(=O)c3cc4c(C)nn(-c5ccccc5)c4s3)n2)cc1. The van der Waals surface area contributed by atoms with E-state index in [0.717, 1.165) is 38.6 Å². The van der Waals surface area contributed by atoms with Crippen molar-refractivity contribution >= 4 is 38.7 Å². The van der Waals surface area contributed by atoms with Gasteiger partial charge in [0.15, 0.2) is 11.7 Å². The molecule has 5 rings (SSSR count). The van der Waals surface area contributed by atoms with Crippen LogP contribution in [-0.4, -0.2) is 27.7 Å². The van der Waals surface area contributed by atoms with E-state index < -0.39 is 5.92 Å². The van der Waals surface area contributed by atoms with Crippen LogP contribution in [0.15, 0.2) is 66.0 Å². The van der Waals surface area contributed by atoms with Gasteiger partial charge in [0, 0.05) is 16.3 Å². The minimum atomic E-state index is -0.955. The zero-order chi connectivity index (χ0) is 22.9. The number of nitrogens with zero attached hydrogens (tertiary/aromatic N) is 4. The van der Waals surface area contributed by atoms with E-state index in [9.17, 15) is 10.1 Å². The van der Waals surface area contributed by atoms with Crippen molar-refractivity contribution in [2.24, 2.45) is 0 Å². The van der Waals surface area contributed by atoms with Crippen LogP contribution in [0.2, 0.25) is 0 Å². The van der Waals surface area contributed by atoms with E-state index >= 15 is 0 Å². The molecule has 0 aliphatic carbocycles. The summed E-state index contributed by atoms with van der Waals surface area (Å²) in [5.41, 5.74) is 3.41. The molecule has 162 valence electrons. The average Bonchev–Trinajstić information content (AvgIpc) is 3.57.